The van der Waals surface area contributed by atoms with E-state index in [9.17, 15) is 4.79 Å². The van der Waals surface area contributed by atoms with Crippen LogP contribution in [0.5, 0.6) is 0 Å². The predicted octanol–water partition coefficient (Wildman–Crippen LogP) is 2.01. The first-order chi connectivity index (χ1) is 9.00. The van der Waals surface area contributed by atoms with Crippen LogP contribution in [0.25, 0.3) is 11.0 Å². The molecule has 102 valence electrons. The molecule has 2 aromatic rings. The molecule has 1 unspecified atom stereocenters. The number of carboxylic acids is 1. The number of hydrogen-bond donors (Lipinski definition) is 2. The Balaban J connectivity index is 1.88. The number of fused-ring (bicyclic) bond motifs is 1. The van der Waals surface area contributed by atoms with E-state index in [4.69, 9.17) is 10.8 Å². The number of imidazole rings is 1. The molecule has 0 aliphatic rings. The molecule has 0 bridgehead atoms. The Labute approximate surface area is 112 Å². The van der Waals surface area contributed by atoms with E-state index in [-0.39, 0.29) is 0 Å². The van der Waals surface area contributed by atoms with Crippen molar-refractivity contribution in [3.63, 3.8) is 0 Å². The summed E-state index contributed by atoms with van der Waals surface area (Å²) in [6.45, 7) is 2.39. The molecule has 1 aromatic heterocycles. The van der Waals surface area contributed by atoms with Crippen LogP contribution in [-0.2, 0) is 11.3 Å². The van der Waals surface area contributed by atoms with Crippen molar-refractivity contribution < 1.29 is 9.90 Å². The number of nitrogens with zero attached hydrogens (tertiary/aromatic N) is 2. The summed E-state index contributed by atoms with van der Waals surface area (Å²) in [5, 5.41) is 8.93. The summed E-state index contributed by atoms with van der Waals surface area (Å²) in [6, 6.07) is 7.97. The van der Waals surface area contributed by atoms with Crippen LogP contribution in [0.2, 0.25) is 0 Å². The van der Waals surface area contributed by atoms with E-state index < -0.39 is 11.5 Å². The van der Waals surface area contributed by atoms with Gasteiger partial charge in [0, 0.05) is 6.54 Å². The zero-order valence-corrected chi connectivity index (χ0v) is 11.0. The van der Waals surface area contributed by atoms with Gasteiger partial charge < -0.3 is 15.4 Å². The molecule has 0 saturated heterocycles. The molecule has 2 rings (SSSR count). The summed E-state index contributed by atoms with van der Waals surface area (Å²) in [7, 11) is 0. The van der Waals surface area contributed by atoms with Gasteiger partial charge >= 0.3 is 5.97 Å². The number of aromatic nitrogens is 2. The third kappa shape index (κ3) is 3.12. The van der Waals surface area contributed by atoms with Crippen molar-refractivity contribution in [3.8, 4) is 0 Å². The lowest BCUT2D eigenvalue weighted by molar-refractivity contribution is -0.142. The molecule has 0 aliphatic carbocycles. The third-order valence-electron chi connectivity index (χ3n) is 3.36. The zero-order chi connectivity index (χ0) is 13.9. The van der Waals surface area contributed by atoms with E-state index in [1.807, 2.05) is 30.6 Å². The predicted molar refractivity (Wildman–Crippen MR) is 73.8 cm³/mol. The van der Waals surface area contributed by atoms with Crippen molar-refractivity contribution in [1.29, 1.82) is 0 Å². The number of nitrogens with two attached hydrogens (primary N) is 1. The molecule has 0 spiro atoms. The molecular weight excluding hydrogens is 242 g/mol. The molecular formula is C14H19N3O2. The van der Waals surface area contributed by atoms with E-state index in [0.717, 1.165) is 30.4 Å². The number of aliphatic carboxylic acids is 1. The smallest absolute Gasteiger partial charge is 0.323 e. The average Bonchev–Trinajstić information content (AvgIpc) is 2.78. The summed E-state index contributed by atoms with van der Waals surface area (Å²) >= 11 is 0. The van der Waals surface area contributed by atoms with Crippen molar-refractivity contribution in [2.45, 2.75) is 38.3 Å². The normalized spacial score (nSPS) is 14.4. The van der Waals surface area contributed by atoms with E-state index >= 15 is 0 Å². The van der Waals surface area contributed by atoms with Gasteiger partial charge in [-0.25, -0.2) is 4.98 Å². The maximum atomic E-state index is 10.9. The second-order valence-electron chi connectivity index (χ2n) is 5.11. The van der Waals surface area contributed by atoms with Crippen LogP contribution < -0.4 is 5.73 Å². The van der Waals surface area contributed by atoms with Gasteiger partial charge in [0.1, 0.15) is 5.54 Å². The lowest BCUT2D eigenvalue weighted by Crippen LogP contribution is -2.44. The topological polar surface area (TPSA) is 81.1 Å². The van der Waals surface area contributed by atoms with Crippen LogP contribution in [0.15, 0.2) is 30.6 Å². The molecule has 0 amide bonds. The monoisotopic (exact) mass is 261 g/mol. The van der Waals surface area contributed by atoms with Crippen molar-refractivity contribution in [2.24, 2.45) is 5.73 Å². The number of carboxylic acid groups (broad SMARTS) is 1. The Morgan fingerprint density at radius 3 is 2.89 bits per heavy atom. The second-order valence-corrected chi connectivity index (χ2v) is 5.11. The summed E-state index contributed by atoms with van der Waals surface area (Å²) in [5.41, 5.74) is 6.65. The van der Waals surface area contributed by atoms with Gasteiger partial charge in [-0.2, -0.15) is 0 Å². The van der Waals surface area contributed by atoms with Gasteiger partial charge in [-0.3, -0.25) is 4.79 Å². The lowest BCUT2D eigenvalue weighted by Gasteiger charge is -2.18. The first-order valence-electron chi connectivity index (χ1n) is 6.43. The lowest BCUT2D eigenvalue weighted by atomic mass is 9.96. The standard InChI is InChI=1S/C14H19N3O2/c1-14(15,13(18)19)8-4-5-9-17-10-16-11-6-2-3-7-12(11)17/h2-3,6-7,10H,4-5,8-9,15H2,1H3,(H,18,19). The summed E-state index contributed by atoms with van der Waals surface area (Å²) in [5.74, 6) is -0.944. The molecule has 3 N–H and O–H groups in total. The molecule has 5 nitrogen and oxygen atoms in total. The molecule has 1 heterocycles. The van der Waals surface area contributed by atoms with Crippen LogP contribution in [0.1, 0.15) is 26.2 Å². The zero-order valence-electron chi connectivity index (χ0n) is 11.0. The quantitative estimate of drug-likeness (QED) is 0.779. The van der Waals surface area contributed by atoms with Crippen LogP contribution in [0.4, 0.5) is 0 Å². The van der Waals surface area contributed by atoms with Gasteiger partial charge in [-0.15, -0.1) is 0 Å². The van der Waals surface area contributed by atoms with Crippen LogP contribution in [0.3, 0.4) is 0 Å². The Hall–Kier alpha value is -1.88. The van der Waals surface area contributed by atoms with Gasteiger partial charge in [0.15, 0.2) is 0 Å². The largest absolute Gasteiger partial charge is 0.480 e. The molecule has 5 heteroatoms. The number of hydrogen-bond acceptors (Lipinski definition) is 3. The summed E-state index contributed by atoms with van der Waals surface area (Å²) < 4.78 is 2.09. The fraction of sp³-hybridized carbons (Fsp3) is 0.429. The fourth-order valence-corrected chi connectivity index (χ4v) is 2.07. The number of para-hydroxylation sites is 2. The van der Waals surface area contributed by atoms with Gasteiger partial charge in [0.2, 0.25) is 0 Å². The molecule has 0 saturated carbocycles. The van der Waals surface area contributed by atoms with Crippen LogP contribution in [0, 0.1) is 0 Å². The van der Waals surface area contributed by atoms with Crippen molar-refractivity contribution >= 4 is 17.0 Å². The minimum atomic E-state index is -1.13. The van der Waals surface area contributed by atoms with Gasteiger partial charge in [0.05, 0.1) is 17.4 Å². The first kappa shape index (κ1) is 13.5. The number of rotatable bonds is 6. The highest BCUT2D eigenvalue weighted by atomic mass is 16.4. The highest BCUT2D eigenvalue weighted by molar-refractivity contribution is 5.77. The van der Waals surface area contributed by atoms with Crippen molar-refractivity contribution in [3.05, 3.63) is 30.6 Å². The molecule has 0 aliphatic heterocycles. The van der Waals surface area contributed by atoms with Gasteiger partial charge in [-0.1, -0.05) is 12.1 Å². The SMILES string of the molecule is CC(N)(CCCCn1cnc2ccccc21)C(=O)O. The average molecular weight is 261 g/mol. The number of benzene rings is 1. The maximum Gasteiger partial charge on any atom is 0.323 e. The van der Waals surface area contributed by atoms with Crippen molar-refractivity contribution in [2.75, 3.05) is 0 Å². The van der Waals surface area contributed by atoms with E-state index in [1.54, 1.807) is 6.92 Å². The molecule has 1 aromatic carbocycles. The summed E-state index contributed by atoms with van der Waals surface area (Å²) in [6.07, 6.45) is 3.98. The molecule has 1 atom stereocenters. The van der Waals surface area contributed by atoms with Crippen LogP contribution >= 0.6 is 0 Å². The van der Waals surface area contributed by atoms with Gasteiger partial charge in [0.25, 0.3) is 0 Å². The first-order valence-corrected chi connectivity index (χ1v) is 6.43. The molecule has 19 heavy (non-hydrogen) atoms. The van der Waals surface area contributed by atoms with E-state index in [0.29, 0.717) is 6.42 Å². The molecule has 0 fully saturated rings. The second kappa shape index (κ2) is 5.40. The van der Waals surface area contributed by atoms with Crippen LogP contribution in [-0.4, -0.2) is 26.2 Å². The minimum Gasteiger partial charge on any atom is -0.480 e. The number of carbonyl (C=O) groups is 1. The fourth-order valence-electron chi connectivity index (χ4n) is 2.07. The number of aryl methyl sites for hydroxylation is 1. The molecule has 0 radical (unpaired) electrons. The van der Waals surface area contributed by atoms with Crippen molar-refractivity contribution in [1.82, 2.24) is 9.55 Å². The Bertz CT molecular complexity index is 575. The highest BCUT2D eigenvalue weighted by Crippen LogP contribution is 2.15. The Kier molecular flexibility index (Phi) is 3.85. The summed E-state index contributed by atoms with van der Waals surface area (Å²) in [4.78, 5) is 15.2. The van der Waals surface area contributed by atoms with E-state index in [1.165, 1.54) is 0 Å². The maximum absolute atomic E-state index is 10.9. The van der Waals surface area contributed by atoms with Gasteiger partial charge in [-0.05, 0) is 38.3 Å². The number of unbranched alkanes of at least 4 members (excludes halogenated alkanes) is 1. The minimum absolute atomic E-state index is 0.481. The Morgan fingerprint density at radius 2 is 2.16 bits per heavy atom. The van der Waals surface area contributed by atoms with E-state index in [2.05, 4.69) is 9.55 Å². The highest BCUT2D eigenvalue weighted by Gasteiger charge is 2.26. The third-order valence-corrected chi connectivity index (χ3v) is 3.36. The Morgan fingerprint density at radius 1 is 1.42 bits per heavy atom.